The zero-order valence-corrected chi connectivity index (χ0v) is 22.3. The van der Waals surface area contributed by atoms with Crippen molar-refractivity contribution in [3.8, 4) is 0 Å². The van der Waals surface area contributed by atoms with Gasteiger partial charge in [-0.05, 0) is 44.4 Å². The van der Waals surface area contributed by atoms with E-state index in [4.69, 9.17) is 4.74 Å². The first-order chi connectivity index (χ1) is 18.6. The number of alkyl carbamates (subject to hydrolysis) is 1. The van der Waals surface area contributed by atoms with Crippen LogP contribution in [0.5, 0.6) is 0 Å². The Morgan fingerprint density at radius 2 is 1.79 bits per heavy atom. The summed E-state index contributed by atoms with van der Waals surface area (Å²) in [5.74, 6) is -0.787. The third-order valence-corrected chi connectivity index (χ3v) is 7.07. The van der Waals surface area contributed by atoms with Gasteiger partial charge in [-0.25, -0.2) is 9.59 Å². The third-order valence-electron chi connectivity index (χ3n) is 7.07. The van der Waals surface area contributed by atoms with Gasteiger partial charge in [0.25, 0.3) is 0 Å². The van der Waals surface area contributed by atoms with E-state index in [1.54, 1.807) is 20.8 Å². The molecule has 0 saturated carbocycles. The van der Waals surface area contributed by atoms with Gasteiger partial charge in [0.2, 0.25) is 11.8 Å². The topological polar surface area (TPSA) is 124 Å². The van der Waals surface area contributed by atoms with Crippen molar-refractivity contribution in [3.05, 3.63) is 71.9 Å². The molecule has 5 amide bonds. The Balaban J connectivity index is 1.48. The van der Waals surface area contributed by atoms with Crippen LogP contribution in [0.15, 0.2) is 60.8 Å². The maximum Gasteiger partial charge on any atom is 0.407 e. The highest BCUT2D eigenvalue weighted by Crippen LogP contribution is 2.28. The van der Waals surface area contributed by atoms with Crippen LogP contribution >= 0.6 is 0 Å². The van der Waals surface area contributed by atoms with E-state index in [0.29, 0.717) is 6.42 Å². The molecule has 2 aliphatic rings. The molecule has 3 heterocycles. The first kappa shape index (κ1) is 26.3. The van der Waals surface area contributed by atoms with E-state index in [0.717, 1.165) is 22.0 Å². The summed E-state index contributed by atoms with van der Waals surface area (Å²) in [6.45, 7) is 5.55. The molecule has 2 fully saturated rings. The fraction of sp³-hybridized carbons (Fsp3) is 0.379. The Labute approximate surface area is 226 Å². The van der Waals surface area contributed by atoms with E-state index in [2.05, 4.69) is 15.6 Å². The lowest BCUT2D eigenvalue weighted by Gasteiger charge is -2.48. The first-order valence-corrected chi connectivity index (χ1v) is 13.1. The summed E-state index contributed by atoms with van der Waals surface area (Å²) in [5.41, 5.74) is 1.98. The molecule has 2 saturated heterocycles. The highest BCUT2D eigenvalue weighted by Gasteiger charge is 2.50. The van der Waals surface area contributed by atoms with Gasteiger partial charge in [0.1, 0.15) is 11.6 Å². The molecule has 0 aliphatic carbocycles. The molecule has 3 aromatic rings. The van der Waals surface area contributed by atoms with Crippen molar-refractivity contribution in [1.29, 1.82) is 0 Å². The van der Waals surface area contributed by atoms with E-state index in [-0.39, 0.29) is 25.4 Å². The van der Waals surface area contributed by atoms with Gasteiger partial charge in [0, 0.05) is 23.6 Å². The molecular formula is C29H33N5O5. The summed E-state index contributed by atoms with van der Waals surface area (Å²) in [6.07, 6.45) is 1.50. The summed E-state index contributed by atoms with van der Waals surface area (Å²) in [5, 5.41) is 6.82. The molecule has 0 radical (unpaired) electrons. The number of ether oxygens (including phenoxy) is 1. The van der Waals surface area contributed by atoms with E-state index >= 15 is 0 Å². The Hall–Kier alpha value is -4.34. The van der Waals surface area contributed by atoms with Crippen molar-refractivity contribution in [1.82, 2.24) is 25.4 Å². The second-order valence-corrected chi connectivity index (χ2v) is 11.0. The number of hydrogen-bond donors (Lipinski definition) is 3. The molecule has 2 aliphatic heterocycles. The number of urea groups is 1. The molecule has 10 heteroatoms. The van der Waals surface area contributed by atoms with Gasteiger partial charge in [-0.1, -0.05) is 48.5 Å². The molecule has 0 spiro atoms. The van der Waals surface area contributed by atoms with Crippen molar-refractivity contribution >= 4 is 34.8 Å². The number of benzene rings is 2. The number of nitrogens with one attached hydrogen (secondary N) is 3. The Morgan fingerprint density at radius 1 is 1.08 bits per heavy atom. The SMILES string of the molecule is CC(C)(C)OC(=O)N[C@@H](Cc1c[nH]c2ccccc12)[C@@H]1CNC(=O)[C@@H]2CC(=O)N(Cc3ccccc3)C(=O)N21. The van der Waals surface area contributed by atoms with Crippen LogP contribution in [0.2, 0.25) is 0 Å². The molecule has 3 atom stereocenters. The maximum atomic E-state index is 13.9. The Bertz CT molecular complexity index is 1400. The summed E-state index contributed by atoms with van der Waals surface area (Å²) < 4.78 is 5.55. The molecule has 5 rings (SSSR count). The van der Waals surface area contributed by atoms with Gasteiger partial charge >= 0.3 is 12.1 Å². The van der Waals surface area contributed by atoms with Crippen molar-refractivity contribution in [2.24, 2.45) is 0 Å². The average Bonchev–Trinajstić information content (AvgIpc) is 3.29. The molecule has 204 valence electrons. The van der Waals surface area contributed by atoms with Gasteiger partial charge < -0.3 is 25.3 Å². The predicted octanol–water partition coefficient (Wildman–Crippen LogP) is 3.33. The number of nitrogens with zero attached hydrogens (tertiary/aromatic N) is 2. The molecule has 0 bridgehead atoms. The number of H-pyrrole nitrogens is 1. The van der Waals surface area contributed by atoms with Crippen LogP contribution in [0.4, 0.5) is 9.59 Å². The standard InChI is InChI=1S/C29H33N5O5/c1-29(2,3)39-27(37)32-22(13-19-15-30-21-12-8-7-11-20(19)21)24-16-31-26(36)23-14-25(35)33(28(38)34(23)24)17-18-9-5-4-6-10-18/h4-12,15,22-24,30H,13-14,16-17H2,1-3H3,(H,31,36)(H,32,37)/t22-,23-,24-/m0/s1. The number of aromatic amines is 1. The van der Waals surface area contributed by atoms with Crippen LogP contribution in [0.25, 0.3) is 10.9 Å². The van der Waals surface area contributed by atoms with E-state index in [1.165, 1.54) is 9.80 Å². The van der Waals surface area contributed by atoms with Gasteiger partial charge in [-0.3, -0.25) is 14.5 Å². The minimum atomic E-state index is -0.957. The number of para-hydroxylation sites is 1. The van der Waals surface area contributed by atoms with Crippen LogP contribution in [0, 0.1) is 0 Å². The number of hydrogen-bond acceptors (Lipinski definition) is 5. The molecule has 0 unspecified atom stereocenters. The quantitative estimate of drug-likeness (QED) is 0.450. The number of fused-ring (bicyclic) bond motifs is 2. The Kier molecular flexibility index (Phi) is 7.03. The normalized spacial score (nSPS) is 20.4. The zero-order valence-electron chi connectivity index (χ0n) is 22.3. The Morgan fingerprint density at radius 3 is 2.54 bits per heavy atom. The first-order valence-electron chi connectivity index (χ1n) is 13.1. The number of rotatable bonds is 6. The predicted molar refractivity (Wildman–Crippen MR) is 145 cm³/mol. The van der Waals surface area contributed by atoms with E-state index < -0.39 is 41.8 Å². The van der Waals surface area contributed by atoms with Crippen LogP contribution < -0.4 is 10.6 Å². The molecular weight excluding hydrogens is 498 g/mol. The average molecular weight is 532 g/mol. The number of aromatic nitrogens is 1. The number of piperazine rings is 1. The zero-order chi connectivity index (χ0) is 27.7. The van der Waals surface area contributed by atoms with Crippen molar-refractivity contribution in [2.45, 2.75) is 63.9 Å². The van der Waals surface area contributed by atoms with Gasteiger partial charge in [-0.15, -0.1) is 0 Å². The van der Waals surface area contributed by atoms with Crippen molar-refractivity contribution in [3.63, 3.8) is 0 Å². The van der Waals surface area contributed by atoms with Gasteiger partial charge in [0.15, 0.2) is 0 Å². The smallest absolute Gasteiger partial charge is 0.407 e. The fourth-order valence-electron chi connectivity index (χ4n) is 5.30. The van der Waals surface area contributed by atoms with Crippen LogP contribution in [0.1, 0.15) is 38.3 Å². The van der Waals surface area contributed by atoms with E-state index in [1.807, 2.05) is 60.8 Å². The van der Waals surface area contributed by atoms with Gasteiger partial charge in [0.05, 0.1) is 25.0 Å². The fourth-order valence-corrected chi connectivity index (χ4v) is 5.30. The maximum absolute atomic E-state index is 13.9. The lowest BCUT2D eigenvalue weighted by Crippen LogP contribution is -2.72. The second kappa shape index (κ2) is 10.4. The molecule has 2 aromatic carbocycles. The van der Waals surface area contributed by atoms with Crippen molar-refractivity contribution < 1.29 is 23.9 Å². The highest BCUT2D eigenvalue weighted by molar-refractivity contribution is 6.03. The minimum absolute atomic E-state index is 0.0999. The molecule has 39 heavy (non-hydrogen) atoms. The number of amides is 5. The number of imide groups is 1. The van der Waals surface area contributed by atoms with E-state index in [9.17, 15) is 19.2 Å². The van der Waals surface area contributed by atoms with Crippen molar-refractivity contribution in [2.75, 3.05) is 6.54 Å². The number of carbonyl (C=O) groups is 4. The second-order valence-electron chi connectivity index (χ2n) is 11.0. The van der Waals surface area contributed by atoms with Crippen LogP contribution in [-0.4, -0.2) is 69.0 Å². The summed E-state index contributed by atoms with van der Waals surface area (Å²) in [7, 11) is 0. The lowest BCUT2D eigenvalue weighted by molar-refractivity contribution is -0.143. The molecule has 10 nitrogen and oxygen atoms in total. The third kappa shape index (κ3) is 5.59. The minimum Gasteiger partial charge on any atom is -0.444 e. The summed E-state index contributed by atoms with van der Waals surface area (Å²) >= 11 is 0. The summed E-state index contributed by atoms with van der Waals surface area (Å²) in [6, 6.07) is 14.3. The molecule has 1 aromatic heterocycles. The summed E-state index contributed by atoms with van der Waals surface area (Å²) in [4.78, 5) is 58.6. The lowest BCUT2D eigenvalue weighted by atomic mass is 9.92. The van der Waals surface area contributed by atoms with Crippen LogP contribution in [-0.2, 0) is 27.3 Å². The highest BCUT2D eigenvalue weighted by atomic mass is 16.6. The largest absolute Gasteiger partial charge is 0.444 e. The monoisotopic (exact) mass is 531 g/mol. The number of carbonyl (C=O) groups excluding carboxylic acids is 4. The van der Waals surface area contributed by atoms with Crippen LogP contribution in [0.3, 0.4) is 0 Å². The molecule has 3 N–H and O–H groups in total. The van der Waals surface area contributed by atoms with Gasteiger partial charge in [-0.2, -0.15) is 0 Å².